The van der Waals surface area contributed by atoms with Crippen LogP contribution in [0.2, 0.25) is 0 Å². The molecule has 0 bridgehead atoms. The summed E-state index contributed by atoms with van der Waals surface area (Å²) in [5, 5.41) is 11.9. The maximum atomic E-state index is 12.1. The van der Waals surface area contributed by atoms with E-state index in [0.717, 1.165) is 19.3 Å². The molecule has 0 spiro atoms. The first-order valence-electron chi connectivity index (χ1n) is 6.76. The predicted molar refractivity (Wildman–Crippen MR) is 65.0 cm³/mol. The van der Waals surface area contributed by atoms with Crippen molar-refractivity contribution >= 4 is 11.9 Å². The third-order valence-electron chi connectivity index (χ3n) is 4.08. The lowest BCUT2D eigenvalue weighted by Gasteiger charge is -2.19. The van der Waals surface area contributed by atoms with Gasteiger partial charge in [-0.15, -0.1) is 0 Å². The molecule has 0 radical (unpaired) electrons. The molecule has 4 atom stereocenters. The number of amides is 1. The van der Waals surface area contributed by atoms with Crippen molar-refractivity contribution in [3.8, 4) is 0 Å². The topological polar surface area (TPSA) is 75.6 Å². The van der Waals surface area contributed by atoms with Gasteiger partial charge in [-0.25, -0.2) is 0 Å². The second-order valence-corrected chi connectivity index (χ2v) is 5.27. The summed E-state index contributed by atoms with van der Waals surface area (Å²) in [5.41, 5.74) is 0. The number of hydrogen-bond donors (Lipinski definition) is 2. The Morgan fingerprint density at radius 3 is 2.72 bits per heavy atom. The van der Waals surface area contributed by atoms with Crippen molar-refractivity contribution in [3.05, 3.63) is 0 Å². The van der Waals surface area contributed by atoms with E-state index in [1.165, 1.54) is 0 Å². The van der Waals surface area contributed by atoms with Crippen molar-refractivity contribution in [3.63, 3.8) is 0 Å². The number of rotatable bonds is 4. The van der Waals surface area contributed by atoms with Crippen LogP contribution < -0.4 is 5.32 Å². The molecule has 2 unspecified atom stereocenters. The van der Waals surface area contributed by atoms with Crippen LogP contribution in [0.5, 0.6) is 0 Å². The molecule has 18 heavy (non-hydrogen) atoms. The number of carboxylic acid groups (broad SMARTS) is 1. The highest BCUT2D eigenvalue weighted by molar-refractivity contribution is 5.80. The summed E-state index contributed by atoms with van der Waals surface area (Å²) in [6.07, 6.45) is 3.65. The molecule has 1 aliphatic heterocycles. The largest absolute Gasteiger partial charge is 0.481 e. The van der Waals surface area contributed by atoms with E-state index in [1.54, 1.807) is 0 Å². The zero-order valence-electron chi connectivity index (χ0n) is 10.7. The highest BCUT2D eigenvalue weighted by Gasteiger charge is 2.36. The summed E-state index contributed by atoms with van der Waals surface area (Å²) in [5.74, 6) is -1.06. The quantitative estimate of drug-likeness (QED) is 0.790. The molecule has 2 aliphatic rings. The van der Waals surface area contributed by atoms with Crippen LogP contribution in [0.3, 0.4) is 0 Å². The van der Waals surface area contributed by atoms with Crippen LogP contribution in [0.25, 0.3) is 0 Å². The van der Waals surface area contributed by atoms with Crippen LogP contribution in [-0.2, 0) is 14.3 Å². The molecule has 2 N–H and O–H groups in total. The van der Waals surface area contributed by atoms with Gasteiger partial charge in [-0.05, 0) is 32.1 Å². The maximum Gasteiger partial charge on any atom is 0.306 e. The number of ether oxygens (including phenoxy) is 1. The Morgan fingerprint density at radius 2 is 2.11 bits per heavy atom. The van der Waals surface area contributed by atoms with Gasteiger partial charge in [0.1, 0.15) is 0 Å². The number of carbonyl (C=O) groups excluding carboxylic acids is 1. The van der Waals surface area contributed by atoms with Gasteiger partial charge in [0, 0.05) is 12.6 Å². The van der Waals surface area contributed by atoms with E-state index >= 15 is 0 Å². The Balaban J connectivity index is 1.83. The first-order chi connectivity index (χ1) is 8.61. The van der Waals surface area contributed by atoms with Crippen LogP contribution in [0.4, 0.5) is 0 Å². The molecule has 102 valence electrons. The fourth-order valence-electron chi connectivity index (χ4n) is 3.00. The summed E-state index contributed by atoms with van der Waals surface area (Å²) >= 11 is 0. The number of hydrogen-bond acceptors (Lipinski definition) is 3. The summed E-state index contributed by atoms with van der Waals surface area (Å²) < 4.78 is 5.50. The van der Waals surface area contributed by atoms with Gasteiger partial charge in [-0.3, -0.25) is 9.59 Å². The summed E-state index contributed by atoms with van der Waals surface area (Å²) in [7, 11) is 0. The van der Waals surface area contributed by atoms with Crippen molar-refractivity contribution in [1.82, 2.24) is 5.32 Å². The molecule has 2 rings (SSSR count). The molecular weight excluding hydrogens is 234 g/mol. The second kappa shape index (κ2) is 5.69. The van der Waals surface area contributed by atoms with Gasteiger partial charge in [0.2, 0.25) is 5.91 Å². The van der Waals surface area contributed by atoms with Crippen molar-refractivity contribution < 1.29 is 19.4 Å². The van der Waals surface area contributed by atoms with Gasteiger partial charge in [0.05, 0.1) is 17.9 Å². The minimum absolute atomic E-state index is 0.0247. The van der Waals surface area contributed by atoms with Gasteiger partial charge in [-0.1, -0.05) is 6.92 Å². The minimum Gasteiger partial charge on any atom is -0.481 e. The summed E-state index contributed by atoms with van der Waals surface area (Å²) in [6, 6.07) is 0.0247. The molecule has 0 aromatic heterocycles. The fraction of sp³-hybridized carbons (Fsp3) is 0.846. The monoisotopic (exact) mass is 255 g/mol. The third-order valence-corrected chi connectivity index (χ3v) is 4.08. The summed E-state index contributed by atoms with van der Waals surface area (Å²) in [6.45, 7) is 2.67. The Labute approximate surface area is 107 Å². The SMILES string of the molecule is CCC1OCCC1C(=O)N[C@H]1CC[C@@H](C(=O)O)C1. The zero-order valence-corrected chi connectivity index (χ0v) is 10.7. The molecule has 0 aromatic carbocycles. The molecule has 1 heterocycles. The first-order valence-corrected chi connectivity index (χ1v) is 6.76. The smallest absolute Gasteiger partial charge is 0.306 e. The maximum absolute atomic E-state index is 12.1. The zero-order chi connectivity index (χ0) is 13.1. The highest BCUT2D eigenvalue weighted by atomic mass is 16.5. The van der Waals surface area contributed by atoms with E-state index in [4.69, 9.17) is 9.84 Å². The van der Waals surface area contributed by atoms with Gasteiger partial charge in [0.25, 0.3) is 0 Å². The average molecular weight is 255 g/mol. The van der Waals surface area contributed by atoms with Crippen LogP contribution in [-0.4, -0.2) is 35.7 Å². The van der Waals surface area contributed by atoms with Crippen molar-refractivity contribution in [2.24, 2.45) is 11.8 Å². The van der Waals surface area contributed by atoms with E-state index in [1.807, 2.05) is 6.92 Å². The highest BCUT2D eigenvalue weighted by Crippen LogP contribution is 2.28. The average Bonchev–Trinajstić information content (AvgIpc) is 2.96. The number of nitrogens with one attached hydrogen (secondary N) is 1. The molecule has 5 nitrogen and oxygen atoms in total. The van der Waals surface area contributed by atoms with Crippen LogP contribution in [0.15, 0.2) is 0 Å². The van der Waals surface area contributed by atoms with E-state index in [-0.39, 0.29) is 29.9 Å². The lowest BCUT2D eigenvalue weighted by molar-refractivity contribution is -0.141. The van der Waals surface area contributed by atoms with Crippen LogP contribution in [0.1, 0.15) is 39.0 Å². The van der Waals surface area contributed by atoms with Crippen LogP contribution in [0, 0.1) is 11.8 Å². The third kappa shape index (κ3) is 2.83. The van der Waals surface area contributed by atoms with Gasteiger partial charge in [0.15, 0.2) is 0 Å². The van der Waals surface area contributed by atoms with Crippen LogP contribution >= 0.6 is 0 Å². The van der Waals surface area contributed by atoms with E-state index in [2.05, 4.69) is 5.32 Å². The Hall–Kier alpha value is -1.10. The molecule has 1 saturated carbocycles. The van der Waals surface area contributed by atoms with E-state index < -0.39 is 5.97 Å². The molecule has 0 aromatic rings. The fourth-order valence-corrected chi connectivity index (χ4v) is 3.00. The van der Waals surface area contributed by atoms with Gasteiger partial charge in [-0.2, -0.15) is 0 Å². The minimum atomic E-state index is -0.748. The molecule has 5 heteroatoms. The molecule has 1 amide bonds. The Kier molecular flexibility index (Phi) is 4.22. The van der Waals surface area contributed by atoms with Crippen molar-refractivity contribution in [2.45, 2.75) is 51.2 Å². The Bertz CT molecular complexity index is 331. The lowest BCUT2D eigenvalue weighted by atomic mass is 9.98. The molecular formula is C13H21NO4. The molecule has 1 aliphatic carbocycles. The number of carbonyl (C=O) groups is 2. The van der Waals surface area contributed by atoms with Gasteiger partial charge >= 0.3 is 5.97 Å². The summed E-state index contributed by atoms with van der Waals surface area (Å²) in [4.78, 5) is 23.0. The standard InChI is InChI=1S/C13H21NO4/c1-2-11-10(5-6-18-11)12(15)14-9-4-3-8(7-9)13(16)17/h8-11H,2-7H2,1H3,(H,14,15)(H,16,17)/t8-,9+,10?,11?/m1/s1. The number of carboxylic acids is 1. The first kappa shape index (κ1) is 13.3. The predicted octanol–water partition coefficient (Wildman–Crippen LogP) is 1.17. The van der Waals surface area contributed by atoms with E-state index in [0.29, 0.717) is 19.4 Å². The van der Waals surface area contributed by atoms with Gasteiger partial charge < -0.3 is 15.2 Å². The second-order valence-electron chi connectivity index (χ2n) is 5.27. The van der Waals surface area contributed by atoms with Crippen molar-refractivity contribution in [2.75, 3.05) is 6.61 Å². The lowest BCUT2D eigenvalue weighted by Crippen LogP contribution is -2.40. The number of aliphatic carboxylic acids is 1. The van der Waals surface area contributed by atoms with Crippen molar-refractivity contribution in [1.29, 1.82) is 0 Å². The van der Waals surface area contributed by atoms with E-state index in [9.17, 15) is 9.59 Å². The molecule has 1 saturated heterocycles. The Morgan fingerprint density at radius 1 is 1.33 bits per heavy atom. The normalized spacial score (nSPS) is 35.6. The molecule has 2 fully saturated rings.